The lowest BCUT2D eigenvalue weighted by atomic mass is 10.2. The third-order valence-corrected chi connectivity index (χ3v) is 3.71. The zero-order valence-corrected chi connectivity index (χ0v) is 13.8. The molecule has 0 unspecified atom stereocenters. The Morgan fingerprint density at radius 2 is 2.26 bits per heavy atom. The maximum Gasteiger partial charge on any atom is 0.324 e. The Balaban J connectivity index is 1.80. The molecule has 0 saturated carbocycles. The predicted octanol–water partition coefficient (Wildman–Crippen LogP) is 0.269. The number of amides is 4. The molecule has 10 heteroatoms. The van der Waals surface area contributed by atoms with Gasteiger partial charge in [-0.3, -0.25) is 14.5 Å². The summed E-state index contributed by atoms with van der Waals surface area (Å²) in [5.41, 5.74) is 0. The van der Waals surface area contributed by atoms with Crippen LogP contribution in [0.4, 0.5) is 4.79 Å². The van der Waals surface area contributed by atoms with Gasteiger partial charge in [0.25, 0.3) is 5.91 Å². The lowest BCUT2D eigenvalue weighted by Crippen LogP contribution is -2.36. The molecule has 0 bridgehead atoms. The van der Waals surface area contributed by atoms with Gasteiger partial charge in [-0.1, -0.05) is 12.1 Å². The van der Waals surface area contributed by atoms with Crippen LogP contribution < -0.4 is 10.6 Å². The standard InChI is InChI=1S/C13H19N5O4S/c1-3-4-18-12(20)8(15-13(18)21)5-10(19)14-6-11-16-9(7-23-2)17-22-11/h8H,3-7H2,1-2H3,(H,14,19)(H,15,21)/t8-/m1/s1. The number of nitrogens with one attached hydrogen (secondary N) is 2. The molecule has 1 aromatic rings. The van der Waals surface area contributed by atoms with Gasteiger partial charge in [0.1, 0.15) is 6.04 Å². The molecule has 0 aliphatic carbocycles. The maximum atomic E-state index is 12.0. The largest absolute Gasteiger partial charge is 0.347 e. The van der Waals surface area contributed by atoms with Crippen molar-refractivity contribution in [2.45, 2.75) is 38.1 Å². The van der Waals surface area contributed by atoms with Gasteiger partial charge in [-0.25, -0.2) is 4.79 Å². The van der Waals surface area contributed by atoms with E-state index in [4.69, 9.17) is 4.52 Å². The van der Waals surface area contributed by atoms with Crippen LogP contribution in [0.25, 0.3) is 0 Å². The highest BCUT2D eigenvalue weighted by Gasteiger charge is 2.38. The van der Waals surface area contributed by atoms with Crippen molar-refractivity contribution in [3.05, 3.63) is 11.7 Å². The Kier molecular flexibility index (Phi) is 5.97. The minimum Gasteiger partial charge on any atom is -0.347 e. The number of thioether (sulfide) groups is 1. The van der Waals surface area contributed by atoms with Crippen LogP contribution in [0.3, 0.4) is 0 Å². The van der Waals surface area contributed by atoms with Gasteiger partial charge in [-0.15, -0.1) is 0 Å². The van der Waals surface area contributed by atoms with Crippen LogP contribution in [0, 0.1) is 0 Å². The number of aromatic nitrogens is 2. The quantitative estimate of drug-likeness (QED) is 0.652. The summed E-state index contributed by atoms with van der Waals surface area (Å²) in [5.74, 6) is 0.762. The van der Waals surface area contributed by atoms with Gasteiger partial charge in [0.15, 0.2) is 5.82 Å². The lowest BCUT2D eigenvalue weighted by molar-refractivity contribution is -0.130. The first-order valence-electron chi connectivity index (χ1n) is 7.24. The van der Waals surface area contributed by atoms with Crippen molar-refractivity contribution in [2.75, 3.05) is 12.8 Å². The zero-order valence-electron chi connectivity index (χ0n) is 13.0. The Morgan fingerprint density at radius 1 is 1.48 bits per heavy atom. The molecule has 1 saturated heterocycles. The zero-order chi connectivity index (χ0) is 16.8. The summed E-state index contributed by atoms with van der Waals surface area (Å²) in [6, 6.07) is -1.27. The Hall–Kier alpha value is -2.10. The van der Waals surface area contributed by atoms with Crippen molar-refractivity contribution >= 4 is 29.6 Å². The first-order chi connectivity index (χ1) is 11.0. The fourth-order valence-electron chi connectivity index (χ4n) is 2.13. The third kappa shape index (κ3) is 4.44. The normalized spacial score (nSPS) is 17.5. The van der Waals surface area contributed by atoms with Crippen LogP contribution >= 0.6 is 11.8 Å². The second kappa shape index (κ2) is 7.95. The van der Waals surface area contributed by atoms with Gasteiger partial charge in [-0.2, -0.15) is 16.7 Å². The van der Waals surface area contributed by atoms with Gasteiger partial charge in [0.05, 0.1) is 18.7 Å². The van der Waals surface area contributed by atoms with E-state index >= 15 is 0 Å². The average Bonchev–Trinajstić information content (AvgIpc) is 3.06. The number of rotatable bonds is 8. The molecule has 1 fully saturated rings. The first kappa shape index (κ1) is 17.3. The molecule has 1 aliphatic rings. The van der Waals surface area contributed by atoms with Crippen molar-refractivity contribution in [1.82, 2.24) is 25.7 Å². The van der Waals surface area contributed by atoms with Crippen LogP contribution in [-0.2, 0) is 21.9 Å². The minimum absolute atomic E-state index is 0.0910. The molecular weight excluding hydrogens is 322 g/mol. The highest BCUT2D eigenvalue weighted by Crippen LogP contribution is 2.10. The van der Waals surface area contributed by atoms with E-state index in [2.05, 4.69) is 20.8 Å². The molecule has 1 atom stereocenters. The molecule has 2 heterocycles. The van der Waals surface area contributed by atoms with Gasteiger partial charge in [0.2, 0.25) is 11.8 Å². The number of hydrogen-bond acceptors (Lipinski definition) is 7. The molecule has 9 nitrogen and oxygen atoms in total. The van der Waals surface area contributed by atoms with Crippen molar-refractivity contribution in [3.63, 3.8) is 0 Å². The molecule has 2 rings (SSSR count). The van der Waals surface area contributed by atoms with Crippen LogP contribution in [-0.4, -0.2) is 51.7 Å². The van der Waals surface area contributed by atoms with Crippen LogP contribution in [0.15, 0.2) is 4.52 Å². The summed E-state index contributed by atoms with van der Waals surface area (Å²) in [5, 5.41) is 8.87. The Labute approximate surface area is 137 Å². The van der Waals surface area contributed by atoms with Crippen LogP contribution in [0.2, 0.25) is 0 Å². The van der Waals surface area contributed by atoms with E-state index in [1.807, 2.05) is 13.2 Å². The van der Waals surface area contributed by atoms with E-state index in [0.29, 0.717) is 30.4 Å². The summed E-state index contributed by atoms with van der Waals surface area (Å²) in [7, 11) is 0. The number of urea groups is 1. The third-order valence-electron chi connectivity index (χ3n) is 3.16. The summed E-state index contributed by atoms with van der Waals surface area (Å²) in [6.07, 6.45) is 2.48. The van der Waals surface area contributed by atoms with E-state index in [1.165, 1.54) is 0 Å². The van der Waals surface area contributed by atoms with Crippen LogP contribution in [0.1, 0.15) is 31.5 Å². The SMILES string of the molecule is CCCN1C(=O)N[C@H](CC(=O)NCc2nc(CSC)no2)C1=O. The van der Waals surface area contributed by atoms with Crippen molar-refractivity contribution in [3.8, 4) is 0 Å². The number of imide groups is 1. The first-order valence-corrected chi connectivity index (χ1v) is 8.63. The molecule has 0 spiro atoms. The van der Waals surface area contributed by atoms with Gasteiger partial charge in [-0.05, 0) is 12.7 Å². The summed E-state index contributed by atoms with van der Waals surface area (Å²) in [4.78, 5) is 40.8. The topological polar surface area (TPSA) is 117 Å². The van der Waals surface area contributed by atoms with Gasteiger partial charge < -0.3 is 15.2 Å². The molecular formula is C13H19N5O4S. The molecule has 1 aliphatic heterocycles. The highest BCUT2D eigenvalue weighted by molar-refractivity contribution is 7.97. The number of hydrogen-bond donors (Lipinski definition) is 2. The van der Waals surface area contributed by atoms with Crippen molar-refractivity contribution in [2.24, 2.45) is 0 Å². The maximum absolute atomic E-state index is 12.0. The fourth-order valence-corrected chi connectivity index (χ4v) is 2.51. The van der Waals surface area contributed by atoms with Crippen LogP contribution in [0.5, 0.6) is 0 Å². The van der Waals surface area contributed by atoms with E-state index < -0.39 is 12.1 Å². The molecule has 2 N–H and O–H groups in total. The van der Waals surface area contributed by atoms with E-state index in [1.54, 1.807) is 11.8 Å². The predicted molar refractivity (Wildman–Crippen MR) is 82.3 cm³/mol. The number of nitrogens with zero attached hydrogens (tertiary/aromatic N) is 3. The van der Waals surface area contributed by atoms with E-state index in [-0.39, 0.29) is 24.8 Å². The van der Waals surface area contributed by atoms with Gasteiger partial charge >= 0.3 is 6.03 Å². The smallest absolute Gasteiger partial charge is 0.324 e. The number of carbonyl (C=O) groups excluding carboxylic acids is 3. The molecule has 23 heavy (non-hydrogen) atoms. The highest BCUT2D eigenvalue weighted by atomic mass is 32.2. The summed E-state index contributed by atoms with van der Waals surface area (Å²) < 4.78 is 4.99. The van der Waals surface area contributed by atoms with Gasteiger partial charge in [0, 0.05) is 6.54 Å². The molecule has 1 aromatic heterocycles. The molecule has 4 amide bonds. The monoisotopic (exact) mass is 341 g/mol. The molecule has 0 radical (unpaired) electrons. The Bertz CT molecular complexity index is 591. The average molecular weight is 341 g/mol. The van der Waals surface area contributed by atoms with E-state index in [0.717, 1.165) is 4.90 Å². The lowest BCUT2D eigenvalue weighted by Gasteiger charge is -2.11. The second-order valence-corrected chi connectivity index (χ2v) is 5.88. The summed E-state index contributed by atoms with van der Waals surface area (Å²) in [6.45, 7) is 2.31. The fraction of sp³-hybridized carbons (Fsp3) is 0.615. The molecule has 0 aromatic carbocycles. The summed E-state index contributed by atoms with van der Waals surface area (Å²) >= 11 is 1.56. The van der Waals surface area contributed by atoms with Crippen molar-refractivity contribution < 1.29 is 18.9 Å². The second-order valence-electron chi connectivity index (χ2n) is 5.01. The van der Waals surface area contributed by atoms with E-state index in [9.17, 15) is 14.4 Å². The molecule has 126 valence electrons. The minimum atomic E-state index is -0.816. The van der Waals surface area contributed by atoms with Crippen molar-refractivity contribution in [1.29, 1.82) is 0 Å². The number of carbonyl (C=O) groups is 3. The Morgan fingerprint density at radius 3 is 2.96 bits per heavy atom.